The van der Waals surface area contributed by atoms with Gasteiger partial charge in [0.15, 0.2) is 5.78 Å². The average molecular weight is 393 g/mol. The normalized spacial score (nSPS) is 10.5. The van der Waals surface area contributed by atoms with Crippen LogP contribution in [-0.4, -0.2) is 15.5 Å². The molecule has 0 radical (unpaired) electrons. The van der Waals surface area contributed by atoms with Gasteiger partial charge in [0.1, 0.15) is 11.6 Å². The molecule has 0 spiro atoms. The van der Waals surface area contributed by atoms with Crippen LogP contribution < -0.4 is 5.56 Å². The lowest BCUT2D eigenvalue weighted by Crippen LogP contribution is -2.27. The Balaban J connectivity index is 2.19. The number of benzene rings is 2. The van der Waals surface area contributed by atoms with E-state index in [1.807, 2.05) is 37.3 Å². The van der Waals surface area contributed by atoms with Crippen molar-refractivity contribution in [2.24, 2.45) is 0 Å². The van der Waals surface area contributed by atoms with Crippen molar-refractivity contribution in [2.45, 2.75) is 20.4 Å². The summed E-state index contributed by atoms with van der Waals surface area (Å²) in [5.74, 6) is -0.942. The third-order valence-electron chi connectivity index (χ3n) is 4.59. The fourth-order valence-electron chi connectivity index (χ4n) is 2.99. The van der Waals surface area contributed by atoms with E-state index in [0.29, 0.717) is 10.6 Å². The number of hydrogen-bond acceptors (Lipinski definition) is 4. The third-order valence-corrected chi connectivity index (χ3v) is 4.85. The highest BCUT2D eigenvalue weighted by atomic mass is 35.5. The number of rotatable bonds is 4. The second-order valence-electron chi connectivity index (χ2n) is 6.52. The quantitative estimate of drug-likeness (QED) is 0.681. The average Bonchev–Trinajstić information content (AvgIpc) is 2.67. The van der Waals surface area contributed by atoms with Crippen molar-refractivity contribution in [3.05, 3.63) is 97.3 Å². The number of aromatic nitrogens is 1. The first kappa shape index (κ1) is 19.4. The van der Waals surface area contributed by atoms with Crippen LogP contribution in [0.3, 0.4) is 0 Å². The van der Waals surface area contributed by atoms with E-state index in [9.17, 15) is 20.0 Å². The highest BCUT2D eigenvalue weighted by Gasteiger charge is 2.25. The summed E-state index contributed by atoms with van der Waals surface area (Å²) in [5, 5.41) is 20.7. The molecule has 1 heterocycles. The van der Waals surface area contributed by atoms with E-state index in [0.717, 1.165) is 15.7 Å². The number of nitriles is 1. The fraction of sp³-hybridized carbons (Fsp3) is 0.136. The smallest absolute Gasteiger partial charge is 0.271 e. The molecule has 2 aromatic carbocycles. The summed E-state index contributed by atoms with van der Waals surface area (Å²) >= 11 is 5.87. The molecule has 0 bridgehead atoms. The molecule has 0 fully saturated rings. The highest BCUT2D eigenvalue weighted by Crippen LogP contribution is 2.26. The van der Waals surface area contributed by atoms with Crippen molar-refractivity contribution in [3.63, 3.8) is 0 Å². The van der Waals surface area contributed by atoms with E-state index >= 15 is 0 Å². The Bertz CT molecular complexity index is 1150. The topological polar surface area (TPSA) is 83.1 Å². The SMILES string of the molecule is Cc1ccc(Cn2c(O)c(C(=O)c3ccc(Cl)cc3)c(C)c(C#N)c2=O)cc1. The molecule has 5 nitrogen and oxygen atoms in total. The van der Waals surface area contributed by atoms with Crippen LogP contribution in [0.1, 0.15) is 38.2 Å². The van der Waals surface area contributed by atoms with Gasteiger partial charge in [-0.2, -0.15) is 5.26 Å². The maximum atomic E-state index is 13.0. The Labute approximate surface area is 167 Å². The number of ketones is 1. The van der Waals surface area contributed by atoms with E-state index in [4.69, 9.17) is 11.6 Å². The van der Waals surface area contributed by atoms with Gasteiger partial charge in [0.2, 0.25) is 5.88 Å². The maximum Gasteiger partial charge on any atom is 0.271 e. The molecular formula is C22H17ClN2O3. The molecule has 6 heteroatoms. The molecule has 0 amide bonds. The third kappa shape index (κ3) is 3.55. The second kappa shape index (κ2) is 7.71. The summed E-state index contributed by atoms with van der Waals surface area (Å²) in [6, 6.07) is 15.5. The molecule has 0 saturated heterocycles. The van der Waals surface area contributed by atoms with Gasteiger partial charge < -0.3 is 5.11 Å². The van der Waals surface area contributed by atoms with Crippen molar-refractivity contribution in [1.29, 1.82) is 5.26 Å². The number of hydrogen-bond donors (Lipinski definition) is 1. The molecule has 3 aromatic rings. The first-order chi connectivity index (χ1) is 13.3. The van der Waals surface area contributed by atoms with E-state index in [1.54, 1.807) is 12.1 Å². The number of nitrogens with zero attached hydrogens (tertiary/aromatic N) is 2. The summed E-state index contributed by atoms with van der Waals surface area (Å²) < 4.78 is 1.05. The Morgan fingerprint density at radius 1 is 1.11 bits per heavy atom. The van der Waals surface area contributed by atoms with Crippen LogP contribution >= 0.6 is 11.6 Å². The lowest BCUT2D eigenvalue weighted by Gasteiger charge is -2.16. The molecule has 3 rings (SSSR count). The molecule has 1 aromatic heterocycles. The molecule has 0 aliphatic heterocycles. The van der Waals surface area contributed by atoms with Gasteiger partial charge in [-0.3, -0.25) is 14.2 Å². The monoisotopic (exact) mass is 392 g/mol. The number of carbonyl (C=O) groups excluding carboxylic acids is 1. The van der Waals surface area contributed by atoms with Crippen LogP contribution in [-0.2, 0) is 6.54 Å². The fourth-order valence-corrected chi connectivity index (χ4v) is 3.12. The first-order valence-corrected chi connectivity index (χ1v) is 8.93. The van der Waals surface area contributed by atoms with Gasteiger partial charge in [0, 0.05) is 10.6 Å². The van der Waals surface area contributed by atoms with Crippen LogP contribution in [0.15, 0.2) is 53.3 Å². The van der Waals surface area contributed by atoms with Crippen molar-refractivity contribution in [1.82, 2.24) is 4.57 Å². The predicted molar refractivity (Wildman–Crippen MR) is 107 cm³/mol. The minimum absolute atomic E-state index is 0.0425. The minimum Gasteiger partial charge on any atom is -0.494 e. The van der Waals surface area contributed by atoms with Gasteiger partial charge in [-0.15, -0.1) is 0 Å². The first-order valence-electron chi connectivity index (χ1n) is 8.55. The van der Waals surface area contributed by atoms with Gasteiger partial charge in [-0.1, -0.05) is 41.4 Å². The molecular weight excluding hydrogens is 376 g/mol. The summed E-state index contributed by atoms with van der Waals surface area (Å²) in [7, 11) is 0. The molecule has 1 N–H and O–H groups in total. The van der Waals surface area contributed by atoms with Gasteiger partial charge in [0.25, 0.3) is 5.56 Å². The molecule has 0 aliphatic rings. The van der Waals surface area contributed by atoms with Crippen LogP contribution in [0.25, 0.3) is 0 Å². The molecule has 0 aliphatic carbocycles. The Kier molecular flexibility index (Phi) is 5.34. The highest BCUT2D eigenvalue weighted by molar-refractivity contribution is 6.30. The summed E-state index contributed by atoms with van der Waals surface area (Å²) in [5.41, 5.74) is 1.41. The van der Waals surface area contributed by atoms with E-state index < -0.39 is 17.2 Å². The molecule has 0 saturated carbocycles. The number of carbonyl (C=O) groups is 1. The Hall–Kier alpha value is -3.36. The van der Waals surface area contributed by atoms with Gasteiger partial charge in [0.05, 0.1) is 12.1 Å². The lowest BCUT2D eigenvalue weighted by molar-refractivity contribution is 0.103. The molecule has 0 atom stereocenters. The van der Waals surface area contributed by atoms with Crippen molar-refractivity contribution < 1.29 is 9.90 Å². The zero-order chi connectivity index (χ0) is 20.4. The standard InChI is InChI=1S/C22H17ClN2O3/c1-13-3-5-15(6-4-13)12-25-21(27)18(11-24)14(2)19(22(25)28)20(26)16-7-9-17(23)10-8-16/h3-10,28H,12H2,1-2H3. The van der Waals surface area contributed by atoms with Crippen molar-refractivity contribution >= 4 is 17.4 Å². The number of aryl methyl sites for hydroxylation is 1. The molecule has 140 valence electrons. The summed E-state index contributed by atoms with van der Waals surface area (Å²) in [6.07, 6.45) is 0. The maximum absolute atomic E-state index is 13.0. The lowest BCUT2D eigenvalue weighted by atomic mass is 9.97. The van der Waals surface area contributed by atoms with Crippen molar-refractivity contribution in [2.75, 3.05) is 0 Å². The number of pyridine rings is 1. The van der Waals surface area contributed by atoms with E-state index in [1.165, 1.54) is 19.1 Å². The summed E-state index contributed by atoms with van der Waals surface area (Å²) in [6.45, 7) is 3.47. The van der Waals surface area contributed by atoms with E-state index in [2.05, 4.69) is 0 Å². The second-order valence-corrected chi connectivity index (χ2v) is 6.96. The van der Waals surface area contributed by atoms with Gasteiger partial charge in [-0.25, -0.2) is 0 Å². The number of aromatic hydroxyl groups is 1. The summed E-state index contributed by atoms with van der Waals surface area (Å²) in [4.78, 5) is 25.7. The number of halogens is 1. The van der Waals surface area contributed by atoms with Gasteiger partial charge >= 0.3 is 0 Å². The Morgan fingerprint density at radius 3 is 2.29 bits per heavy atom. The zero-order valence-electron chi connectivity index (χ0n) is 15.4. The minimum atomic E-state index is -0.634. The molecule has 28 heavy (non-hydrogen) atoms. The predicted octanol–water partition coefficient (Wildman–Crippen LogP) is 3.98. The van der Waals surface area contributed by atoms with Crippen LogP contribution in [0.4, 0.5) is 0 Å². The largest absolute Gasteiger partial charge is 0.494 e. The van der Waals surface area contributed by atoms with E-state index in [-0.39, 0.29) is 23.2 Å². The van der Waals surface area contributed by atoms with Crippen molar-refractivity contribution in [3.8, 4) is 11.9 Å². The molecule has 0 unspecified atom stereocenters. The van der Waals surface area contributed by atoms with Crippen LogP contribution in [0, 0.1) is 25.2 Å². The van der Waals surface area contributed by atoms with Crippen LogP contribution in [0.5, 0.6) is 5.88 Å². The zero-order valence-corrected chi connectivity index (χ0v) is 16.1. The Morgan fingerprint density at radius 2 is 1.71 bits per heavy atom. The van der Waals surface area contributed by atoms with Crippen LogP contribution in [0.2, 0.25) is 5.02 Å². The van der Waals surface area contributed by atoms with Gasteiger partial charge in [-0.05, 0) is 49.2 Å².